The van der Waals surface area contributed by atoms with Crippen LogP contribution in [-0.2, 0) is 4.74 Å². The lowest BCUT2D eigenvalue weighted by Gasteiger charge is -2.12. The molecule has 3 rings (SSSR count). The first kappa shape index (κ1) is 17.2. The molecule has 2 aromatic rings. The van der Waals surface area contributed by atoms with Crippen LogP contribution in [0.15, 0.2) is 30.5 Å². The maximum Gasteiger partial charge on any atom is 0.259 e. The van der Waals surface area contributed by atoms with Crippen LogP contribution < -0.4 is 10.6 Å². The smallest absolute Gasteiger partial charge is 0.259 e. The van der Waals surface area contributed by atoms with Gasteiger partial charge in [-0.2, -0.15) is 0 Å². The molecule has 1 aromatic heterocycles. The van der Waals surface area contributed by atoms with Gasteiger partial charge in [0.25, 0.3) is 5.91 Å². The van der Waals surface area contributed by atoms with Crippen molar-refractivity contribution in [3.05, 3.63) is 53.5 Å². The fourth-order valence-corrected chi connectivity index (χ4v) is 2.49. The molecule has 1 aromatic carbocycles. The Kier molecular flexibility index (Phi) is 5.18. The fraction of sp³-hybridized carbons (Fsp3) is 0.294. The molecule has 0 bridgehead atoms. The zero-order chi connectivity index (χ0) is 17.8. The van der Waals surface area contributed by atoms with Gasteiger partial charge in [0, 0.05) is 13.2 Å². The molecule has 1 unspecified atom stereocenters. The number of pyridine rings is 1. The van der Waals surface area contributed by atoms with Crippen molar-refractivity contribution in [3.63, 3.8) is 0 Å². The van der Waals surface area contributed by atoms with Gasteiger partial charge in [0.05, 0.1) is 23.6 Å². The predicted molar refractivity (Wildman–Crippen MR) is 86.0 cm³/mol. The Labute approximate surface area is 142 Å². The first-order valence-electron chi connectivity index (χ1n) is 7.81. The van der Waals surface area contributed by atoms with Crippen molar-refractivity contribution in [1.82, 2.24) is 4.98 Å². The van der Waals surface area contributed by atoms with Gasteiger partial charge in [-0.15, -0.1) is 0 Å². The number of halogens is 3. The Hall–Kier alpha value is -2.61. The zero-order valence-electron chi connectivity index (χ0n) is 13.2. The monoisotopic (exact) mass is 351 g/mol. The summed E-state index contributed by atoms with van der Waals surface area (Å²) in [5.74, 6) is -5.32. The number of carbonyl (C=O) groups is 1. The first-order chi connectivity index (χ1) is 12.0. The summed E-state index contributed by atoms with van der Waals surface area (Å²) in [6.07, 6.45) is 3.74. The van der Waals surface area contributed by atoms with Crippen LogP contribution in [0, 0.1) is 17.5 Å². The zero-order valence-corrected chi connectivity index (χ0v) is 13.2. The second-order valence-electron chi connectivity index (χ2n) is 5.63. The van der Waals surface area contributed by atoms with E-state index in [1.165, 1.54) is 12.3 Å². The molecule has 1 aliphatic rings. The van der Waals surface area contributed by atoms with Crippen molar-refractivity contribution in [2.45, 2.75) is 18.9 Å². The van der Waals surface area contributed by atoms with Crippen molar-refractivity contribution >= 4 is 17.4 Å². The molecular formula is C17H16F3N3O2. The van der Waals surface area contributed by atoms with E-state index in [1.807, 2.05) is 0 Å². The van der Waals surface area contributed by atoms with Crippen molar-refractivity contribution in [2.75, 3.05) is 23.8 Å². The summed E-state index contributed by atoms with van der Waals surface area (Å²) in [6, 6.07) is 4.78. The van der Waals surface area contributed by atoms with Crippen LogP contribution in [0.4, 0.5) is 24.7 Å². The van der Waals surface area contributed by atoms with E-state index in [0.29, 0.717) is 12.6 Å². The van der Waals surface area contributed by atoms with E-state index in [9.17, 15) is 18.0 Å². The molecule has 1 atom stereocenters. The summed E-state index contributed by atoms with van der Waals surface area (Å²) in [4.78, 5) is 16.0. The maximum absolute atomic E-state index is 13.6. The Morgan fingerprint density at radius 3 is 2.72 bits per heavy atom. The van der Waals surface area contributed by atoms with E-state index in [2.05, 4.69) is 15.6 Å². The minimum absolute atomic E-state index is 0.164. The van der Waals surface area contributed by atoms with Gasteiger partial charge in [0.15, 0.2) is 17.5 Å². The predicted octanol–water partition coefficient (Wildman–Crippen LogP) is 3.34. The average molecular weight is 351 g/mol. The number of nitrogens with zero attached hydrogens (tertiary/aromatic N) is 1. The van der Waals surface area contributed by atoms with E-state index >= 15 is 0 Å². The molecule has 1 amide bonds. The quantitative estimate of drug-likeness (QED) is 0.811. The van der Waals surface area contributed by atoms with Crippen molar-refractivity contribution in [3.8, 4) is 0 Å². The topological polar surface area (TPSA) is 63.2 Å². The normalized spacial score (nSPS) is 16.7. The molecule has 0 radical (unpaired) electrons. The van der Waals surface area contributed by atoms with Gasteiger partial charge in [-0.1, -0.05) is 0 Å². The number of ether oxygens (including phenoxy) is 1. The van der Waals surface area contributed by atoms with E-state index in [-0.39, 0.29) is 11.9 Å². The molecule has 1 fully saturated rings. The molecule has 25 heavy (non-hydrogen) atoms. The molecular weight excluding hydrogens is 335 g/mol. The molecule has 1 aliphatic heterocycles. The van der Waals surface area contributed by atoms with Gasteiger partial charge in [0.2, 0.25) is 0 Å². The number of amides is 1. The highest BCUT2D eigenvalue weighted by atomic mass is 19.2. The van der Waals surface area contributed by atoms with E-state index in [4.69, 9.17) is 4.74 Å². The third-order valence-electron chi connectivity index (χ3n) is 3.84. The van der Waals surface area contributed by atoms with Crippen LogP contribution in [0.5, 0.6) is 0 Å². The van der Waals surface area contributed by atoms with Crippen molar-refractivity contribution in [2.24, 2.45) is 0 Å². The highest BCUT2D eigenvalue weighted by Gasteiger charge is 2.19. The van der Waals surface area contributed by atoms with Gasteiger partial charge in [-0.25, -0.2) is 18.2 Å². The van der Waals surface area contributed by atoms with E-state index in [1.54, 1.807) is 6.07 Å². The lowest BCUT2D eigenvalue weighted by atomic mass is 10.2. The molecule has 0 spiro atoms. The van der Waals surface area contributed by atoms with Gasteiger partial charge in [-0.05, 0) is 37.1 Å². The summed E-state index contributed by atoms with van der Waals surface area (Å²) < 4.78 is 45.2. The summed E-state index contributed by atoms with van der Waals surface area (Å²) in [6.45, 7) is 1.43. The Morgan fingerprint density at radius 2 is 2.04 bits per heavy atom. The van der Waals surface area contributed by atoms with Crippen LogP contribution in [0.25, 0.3) is 0 Å². The highest BCUT2D eigenvalue weighted by Crippen LogP contribution is 2.18. The first-order valence-corrected chi connectivity index (χ1v) is 7.81. The molecule has 5 nitrogen and oxygen atoms in total. The Morgan fingerprint density at radius 1 is 1.20 bits per heavy atom. The lowest BCUT2D eigenvalue weighted by molar-refractivity contribution is 0.102. The molecule has 1 saturated heterocycles. The molecule has 8 heteroatoms. The maximum atomic E-state index is 13.6. The average Bonchev–Trinajstić information content (AvgIpc) is 3.12. The standard InChI is InChI=1S/C17H16F3N3O2/c18-13-5-4-12(15(19)16(13)20)17(24)23-14-6-3-10(8-22-14)21-9-11-2-1-7-25-11/h3-6,8,11,21H,1-2,7,9H2,(H,22,23,24). The summed E-state index contributed by atoms with van der Waals surface area (Å²) in [5.41, 5.74) is 0.147. The van der Waals surface area contributed by atoms with Gasteiger partial charge >= 0.3 is 0 Å². The van der Waals surface area contributed by atoms with Crippen LogP contribution in [0.1, 0.15) is 23.2 Å². The van der Waals surface area contributed by atoms with E-state index in [0.717, 1.165) is 31.2 Å². The van der Waals surface area contributed by atoms with Crippen LogP contribution in [0.3, 0.4) is 0 Å². The number of aromatic nitrogens is 1. The van der Waals surface area contributed by atoms with Crippen LogP contribution >= 0.6 is 0 Å². The van der Waals surface area contributed by atoms with Gasteiger partial charge < -0.3 is 15.4 Å². The summed E-state index contributed by atoms with van der Waals surface area (Å²) in [5, 5.41) is 5.51. The number of carbonyl (C=O) groups excluding carboxylic acids is 1. The Bertz CT molecular complexity index is 762. The minimum atomic E-state index is -1.69. The number of hydrogen-bond acceptors (Lipinski definition) is 4. The molecule has 0 aliphatic carbocycles. The highest BCUT2D eigenvalue weighted by molar-refractivity contribution is 6.04. The van der Waals surface area contributed by atoms with Crippen molar-refractivity contribution in [1.29, 1.82) is 0 Å². The second-order valence-corrected chi connectivity index (χ2v) is 5.63. The largest absolute Gasteiger partial charge is 0.381 e. The van der Waals surface area contributed by atoms with Crippen molar-refractivity contribution < 1.29 is 22.7 Å². The summed E-state index contributed by atoms with van der Waals surface area (Å²) in [7, 11) is 0. The number of benzene rings is 1. The van der Waals surface area contributed by atoms with E-state index < -0.39 is 28.9 Å². The molecule has 2 heterocycles. The van der Waals surface area contributed by atoms with Gasteiger partial charge in [0.1, 0.15) is 5.82 Å². The van der Waals surface area contributed by atoms with Crippen LogP contribution in [0.2, 0.25) is 0 Å². The molecule has 2 N–H and O–H groups in total. The number of hydrogen-bond donors (Lipinski definition) is 2. The SMILES string of the molecule is O=C(Nc1ccc(NCC2CCCO2)cn1)c1ccc(F)c(F)c1F. The molecule has 0 saturated carbocycles. The molecule has 132 valence electrons. The van der Waals surface area contributed by atoms with Crippen LogP contribution in [-0.4, -0.2) is 30.1 Å². The lowest BCUT2D eigenvalue weighted by Crippen LogP contribution is -2.18. The van der Waals surface area contributed by atoms with Gasteiger partial charge in [-0.3, -0.25) is 4.79 Å². The number of rotatable bonds is 5. The fourth-order valence-electron chi connectivity index (χ4n) is 2.49. The number of anilines is 2. The summed E-state index contributed by atoms with van der Waals surface area (Å²) >= 11 is 0. The minimum Gasteiger partial charge on any atom is -0.381 e. The Balaban J connectivity index is 1.61. The third kappa shape index (κ3) is 4.08. The number of nitrogens with one attached hydrogen (secondary N) is 2. The second kappa shape index (κ2) is 7.52. The third-order valence-corrected chi connectivity index (χ3v) is 3.84.